The average molecular weight is 307 g/mol. The fourth-order valence-corrected chi connectivity index (χ4v) is 2.52. The van der Waals surface area contributed by atoms with Gasteiger partial charge < -0.3 is 0 Å². The first-order valence-electron chi connectivity index (χ1n) is 4.44. The summed E-state index contributed by atoms with van der Waals surface area (Å²) in [4.78, 5) is 22.0. The molecular weight excluding hydrogens is 300 g/mol. The predicted molar refractivity (Wildman–Crippen MR) is 60.0 cm³/mol. The van der Waals surface area contributed by atoms with E-state index in [0.29, 0.717) is 5.56 Å². The molecule has 0 saturated carbocycles. The maximum Gasteiger partial charge on any atom is 0.241 e. The third kappa shape index (κ3) is 1.97. The Morgan fingerprint density at radius 3 is 2.44 bits per heavy atom. The Morgan fingerprint density at radius 2 is 1.94 bits per heavy atom. The highest BCUT2D eigenvalue weighted by molar-refractivity contribution is 9.10. The van der Waals surface area contributed by atoms with E-state index in [1.807, 2.05) is 0 Å². The summed E-state index contributed by atoms with van der Waals surface area (Å²) in [5, 5.41) is 2.36. The topological polar surface area (TPSA) is 46.2 Å². The van der Waals surface area contributed by atoms with Crippen LogP contribution in [0.3, 0.4) is 0 Å². The zero-order valence-corrected chi connectivity index (χ0v) is 10.2. The van der Waals surface area contributed by atoms with Crippen molar-refractivity contribution in [2.24, 2.45) is 0 Å². The van der Waals surface area contributed by atoms with Crippen molar-refractivity contribution in [2.45, 2.75) is 10.7 Å². The third-order valence-electron chi connectivity index (χ3n) is 2.32. The van der Waals surface area contributed by atoms with Crippen LogP contribution in [0.15, 0.2) is 18.2 Å². The molecule has 1 aliphatic rings. The Bertz CT molecular complexity index is 460. The van der Waals surface area contributed by atoms with Crippen LogP contribution in [0, 0.1) is 5.82 Å². The quantitative estimate of drug-likeness (QED) is 0.637. The molecule has 1 saturated heterocycles. The van der Waals surface area contributed by atoms with E-state index in [1.54, 1.807) is 0 Å². The summed E-state index contributed by atoms with van der Waals surface area (Å²) in [5.41, 5.74) is 0.384. The van der Waals surface area contributed by atoms with Crippen LogP contribution < -0.4 is 5.32 Å². The van der Waals surface area contributed by atoms with E-state index in [4.69, 9.17) is 11.6 Å². The van der Waals surface area contributed by atoms with Crippen LogP contribution in [0.4, 0.5) is 4.39 Å². The molecule has 1 aromatic rings. The average Bonchev–Trinajstić information content (AvgIpc) is 2.39. The van der Waals surface area contributed by atoms with Gasteiger partial charge in [-0.15, -0.1) is 0 Å². The summed E-state index contributed by atoms with van der Waals surface area (Å²) in [6.45, 7) is 0. The standard InChI is InChI=1S/C10H6BrClFNO2/c11-8-7(9(15)14-10(8)16)4-1-5(12)3-6(13)2-4/h1-3,7-8H,(H,14,15,16). The van der Waals surface area contributed by atoms with E-state index in [2.05, 4.69) is 21.2 Å². The summed E-state index contributed by atoms with van der Waals surface area (Å²) in [6.07, 6.45) is 0. The molecule has 0 aromatic heterocycles. The number of rotatable bonds is 1. The Balaban J connectivity index is 2.44. The zero-order chi connectivity index (χ0) is 11.9. The maximum absolute atomic E-state index is 13.1. The lowest BCUT2D eigenvalue weighted by Gasteiger charge is -2.10. The summed E-state index contributed by atoms with van der Waals surface area (Å²) in [5.74, 6) is -2.14. The Morgan fingerprint density at radius 1 is 1.25 bits per heavy atom. The first-order chi connectivity index (χ1) is 7.49. The van der Waals surface area contributed by atoms with E-state index >= 15 is 0 Å². The van der Waals surface area contributed by atoms with Crippen LogP contribution in [0.2, 0.25) is 5.02 Å². The minimum atomic E-state index is -0.735. The number of nitrogens with one attached hydrogen (secondary N) is 1. The van der Waals surface area contributed by atoms with Crippen LogP contribution in [0.1, 0.15) is 11.5 Å². The van der Waals surface area contributed by atoms with Gasteiger partial charge in [-0.3, -0.25) is 14.9 Å². The molecular formula is C10H6BrClFNO2. The highest BCUT2D eigenvalue weighted by Crippen LogP contribution is 2.31. The lowest BCUT2D eigenvalue weighted by atomic mass is 9.97. The SMILES string of the molecule is O=C1NC(=O)C(c2cc(F)cc(Cl)c2)C1Br. The summed E-state index contributed by atoms with van der Waals surface area (Å²) in [7, 11) is 0. The van der Waals surface area contributed by atoms with Gasteiger partial charge in [-0.1, -0.05) is 27.5 Å². The molecule has 0 spiro atoms. The van der Waals surface area contributed by atoms with E-state index in [-0.39, 0.29) is 5.02 Å². The van der Waals surface area contributed by atoms with Crippen molar-refractivity contribution in [1.29, 1.82) is 0 Å². The number of carbonyl (C=O) groups excluding carboxylic acids is 2. The van der Waals surface area contributed by atoms with Crippen molar-refractivity contribution < 1.29 is 14.0 Å². The Labute approximate surface area is 104 Å². The largest absolute Gasteiger partial charge is 0.295 e. The van der Waals surface area contributed by atoms with E-state index in [0.717, 1.165) is 6.07 Å². The first-order valence-corrected chi connectivity index (χ1v) is 5.73. The van der Waals surface area contributed by atoms with Gasteiger partial charge in [-0.2, -0.15) is 0 Å². The minimum absolute atomic E-state index is 0.196. The highest BCUT2D eigenvalue weighted by Gasteiger charge is 2.41. The summed E-state index contributed by atoms with van der Waals surface area (Å²) >= 11 is 8.79. The van der Waals surface area contributed by atoms with E-state index in [9.17, 15) is 14.0 Å². The van der Waals surface area contributed by atoms with Gasteiger partial charge in [0.15, 0.2) is 0 Å². The van der Waals surface area contributed by atoms with Crippen LogP contribution in [-0.2, 0) is 9.59 Å². The molecule has 0 aliphatic carbocycles. The zero-order valence-electron chi connectivity index (χ0n) is 7.84. The lowest BCUT2D eigenvalue weighted by molar-refractivity contribution is -0.125. The number of imide groups is 1. The maximum atomic E-state index is 13.1. The Kier molecular flexibility index (Phi) is 2.99. The van der Waals surface area contributed by atoms with Gasteiger partial charge in [0, 0.05) is 5.02 Å². The molecule has 2 unspecified atom stereocenters. The fourth-order valence-electron chi connectivity index (χ4n) is 1.63. The number of hydrogen-bond acceptors (Lipinski definition) is 2. The van der Waals surface area contributed by atoms with Gasteiger partial charge in [-0.25, -0.2) is 4.39 Å². The fraction of sp³-hybridized carbons (Fsp3) is 0.200. The molecule has 1 N–H and O–H groups in total. The van der Waals surface area contributed by atoms with Gasteiger partial charge in [0.25, 0.3) is 0 Å². The molecule has 16 heavy (non-hydrogen) atoms. The molecule has 84 valence electrons. The summed E-state index contributed by atoms with van der Waals surface area (Å²) < 4.78 is 13.1. The van der Waals surface area contributed by atoms with Gasteiger partial charge >= 0.3 is 0 Å². The molecule has 0 bridgehead atoms. The van der Waals surface area contributed by atoms with E-state index in [1.165, 1.54) is 12.1 Å². The van der Waals surface area contributed by atoms with E-state index < -0.39 is 28.4 Å². The van der Waals surface area contributed by atoms with Gasteiger partial charge in [0.1, 0.15) is 10.6 Å². The van der Waals surface area contributed by atoms with Crippen molar-refractivity contribution in [3.05, 3.63) is 34.6 Å². The molecule has 2 rings (SSSR count). The number of hydrogen-bond donors (Lipinski definition) is 1. The van der Waals surface area contributed by atoms with Crippen LogP contribution in [0.5, 0.6) is 0 Å². The smallest absolute Gasteiger partial charge is 0.241 e. The molecule has 2 atom stereocenters. The second-order valence-corrected chi connectivity index (χ2v) is 4.86. The molecule has 3 nitrogen and oxygen atoms in total. The van der Waals surface area contributed by atoms with Crippen molar-refractivity contribution in [1.82, 2.24) is 5.32 Å². The predicted octanol–water partition coefficient (Wildman–Crippen LogP) is 1.98. The normalized spacial score (nSPS) is 24.7. The molecule has 2 amide bonds. The monoisotopic (exact) mass is 305 g/mol. The second kappa shape index (κ2) is 4.14. The van der Waals surface area contributed by atoms with Gasteiger partial charge in [0.2, 0.25) is 11.8 Å². The number of carbonyl (C=O) groups is 2. The highest BCUT2D eigenvalue weighted by atomic mass is 79.9. The second-order valence-electron chi connectivity index (χ2n) is 3.44. The number of amides is 2. The molecule has 1 heterocycles. The molecule has 1 aromatic carbocycles. The first kappa shape index (κ1) is 11.5. The molecule has 6 heteroatoms. The lowest BCUT2D eigenvalue weighted by Crippen LogP contribution is -2.22. The Hall–Kier alpha value is -0.940. The minimum Gasteiger partial charge on any atom is -0.295 e. The molecule has 0 radical (unpaired) electrons. The van der Waals surface area contributed by atoms with Crippen molar-refractivity contribution in [3.8, 4) is 0 Å². The summed E-state index contributed by atoms with van der Waals surface area (Å²) in [6, 6.07) is 3.81. The molecule has 1 aliphatic heterocycles. The van der Waals surface area contributed by atoms with Crippen molar-refractivity contribution in [2.75, 3.05) is 0 Å². The van der Waals surface area contributed by atoms with Crippen molar-refractivity contribution in [3.63, 3.8) is 0 Å². The number of halogens is 3. The van der Waals surface area contributed by atoms with Crippen molar-refractivity contribution >= 4 is 39.3 Å². The van der Waals surface area contributed by atoms with Gasteiger partial charge in [-0.05, 0) is 23.8 Å². The van der Waals surface area contributed by atoms with Crippen LogP contribution >= 0.6 is 27.5 Å². The van der Waals surface area contributed by atoms with Gasteiger partial charge in [0.05, 0.1) is 5.92 Å². The number of alkyl halides is 1. The third-order valence-corrected chi connectivity index (χ3v) is 3.48. The molecule has 1 fully saturated rings. The van der Waals surface area contributed by atoms with Crippen LogP contribution in [-0.4, -0.2) is 16.6 Å². The van der Waals surface area contributed by atoms with Crippen LogP contribution in [0.25, 0.3) is 0 Å². The number of benzene rings is 1.